The van der Waals surface area contributed by atoms with Crippen molar-refractivity contribution in [3.05, 3.63) is 12.2 Å². The number of hydrogen-bond donors (Lipinski definition) is 1. The molecule has 0 heterocycles. The molecule has 1 atom stereocenters. The Labute approximate surface area is 89.2 Å². The molecule has 0 spiro atoms. The summed E-state index contributed by atoms with van der Waals surface area (Å²) in [5.74, 6) is 0. The van der Waals surface area contributed by atoms with Gasteiger partial charge in [-0.3, -0.25) is 0 Å². The molecular weight excluding hydrogens is 172 g/mol. The fraction of sp³-hybridized carbons (Fsp3) is 0.846. The van der Waals surface area contributed by atoms with Crippen molar-refractivity contribution in [3.8, 4) is 0 Å². The van der Waals surface area contributed by atoms with E-state index in [0.717, 1.165) is 12.8 Å². The molecule has 84 valence electrons. The maximum Gasteiger partial charge on any atom is 0.0574 e. The summed E-state index contributed by atoms with van der Waals surface area (Å²) in [5.41, 5.74) is 0. The highest BCUT2D eigenvalue weighted by molar-refractivity contribution is 4.79. The third kappa shape index (κ3) is 9.79. The van der Waals surface area contributed by atoms with E-state index in [0.29, 0.717) is 0 Å². The standard InChI is InChI=1S/C13H26O/c1-3-5-7-8-9-10-12-13(14)11-6-4-2/h4,6,13-14H,3,5,7-12H2,1-2H3. The number of unbranched alkanes of at least 4 members (excludes halogenated alkanes) is 5. The Morgan fingerprint density at radius 2 is 1.71 bits per heavy atom. The molecule has 0 saturated heterocycles. The van der Waals surface area contributed by atoms with Gasteiger partial charge >= 0.3 is 0 Å². The van der Waals surface area contributed by atoms with E-state index in [4.69, 9.17) is 0 Å². The Morgan fingerprint density at radius 3 is 2.36 bits per heavy atom. The van der Waals surface area contributed by atoms with Crippen molar-refractivity contribution >= 4 is 0 Å². The Balaban J connectivity index is 3.10. The van der Waals surface area contributed by atoms with Gasteiger partial charge < -0.3 is 5.11 Å². The topological polar surface area (TPSA) is 20.2 Å². The minimum atomic E-state index is -0.114. The SMILES string of the molecule is CC=CCC(O)CCCCCCCC. The molecule has 0 aromatic carbocycles. The summed E-state index contributed by atoms with van der Waals surface area (Å²) in [4.78, 5) is 0. The smallest absolute Gasteiger partial charge is 0.0574 e. The van der Waals surface area contributed by atoms with Crippen LogP contribution < -0.4 is 0 Å². The van der Waals surface area contributed by atoms with Crippen molar-refractivity contribution in [1.29, 1.82) is 0 Å². The molecule has 0 aromatic rings. The van der Waals surface area contributed by atoms with Crippen LogP contribution in [-0.4, -0.2) is 11.2 Å². The van der Waals surface area contributed by atoms with Gasteiger partial charge in [0.15, 0.2) is 0 Å². The van der Waals surface area contributed by atoms with Gasteiger partial charge in [-0.1, -0.05) is 57.6 Å². The Hall–Kier alpha value is -0.300. The van der Waals surface area contributed by atoms with E-state index in [9.17, 15) is 5.11 Å². The zero-order chi connectivity index (χ0) is 10.6. The highest BCUT2D eigenvalue weighted by Crippen LogP contribution is 2.10. The van der Waals surface area contributed by atoms with Gasteiger partial charge in [0.05, 0.1) is 6.10 Å². The zero-order valence-electron chi connectivity index (χ0n) is 9.84. The molecule has 0 fully saturated rings. The van der Waals surface area contributed by atoms with Crippen LogP contribution >= 0.6 is 0 Å². The van der Waals surface area contributed by atoms with Gasteiger partial charge in [0.1, 0.15) is 0 Å². The molecule has 1 nitrogen and oxygen atoms in total. The summed E-state index contributed by atoms with van der Waals surface area (Å²) in [7, 11) is 0. The molecule has 0 aliphatic rings. The zero-order valence-corrected chi connectivity index (χ0v) is 9.84. The molecule has 1 N–H and O–H groups in total. The predicted molar refractivity (Wildman–Crippen MR) is 63.4 cm³/mol. The second-order valence-corrected chi connectivity index (χ2v) is 4.02. The van der Waals surface area contributed by atoms with E-state index >= 15 is 0 Å². The van der Waals surface area contributed by atoms with Crippen molar-refractivity contribution < 1.29 is 5.11 Å². The number of rotatable bonds is 9. The Morgan fingerprint density at radius 1 is 1.07 bits per heavy atom. The lowest BCUT2D eigenvalue weighted by Crippen LogP contribution is -2.04. The first kappa shape index (κ1) is 13.7. The molecule has 0 aliphatic carbocycles. The fourth-order valence-electron chi connectivity index (χ4n) is 1.57. The molecule has 0 aromatic heterocycles. The van der Waals surface area contributed by atoms with Gasteiger partial charge in [0.25, 0.3) is 0 Å². The van der Waals surface area contributed by atoms with Crippen molar-refractivity contribution in [2.75, 3.05) is 0 Å². The minimum Gasteiger partial charge on any atom is -0.393 e. The van der Waals surface area contributed by atoms with Crippen LogP contribution in [0.5, 0.6) is 0 Å². The largest absolute Gasteiger partial charge is 0.393 e. The second-order valence-electron chi connectivity index (χ2n) is 4.02. The van der Waals surface area contributed by atoms with E-state index in [2.05, 4.69) is 6.92 Å². The van der Waals surface area contributed by atoms with Crippen molar-refractivity contribution in [2.24, 2.45) is 0 Å². The van der Waals surface area contributed by atoms with Gasteiger partial charge in [-0.25, -0.2) is 0 Å². The molecule has 0 rings (SSSR count). The molecular formula is C13H26O. The van der Waals surface area contributed by atoms with Gasteiger partial charge in [0.2, 0.25) is 0 Å². The predicted octanol–water partition coefficient (Wildman–Crippen LogP) is 4.06. The summed E-state index contributed by atoms with van der Waals surface area (Å²) in [6, 6.07) is 0. The Bertz CT molecular complexity index is 129. The van der Waals surface area contributed by atoms with Crippen LogP contribution in [0.1, 0.15) is 65.2 Å². The molecule has 1 unspecified atom stereocenters. The fourth-order valence-corrected chi connectivity index (χ4v) is 1.57. The maximum atomic E-state index is 9.53. The Kier molecular flexibility index (Phi) is 10.5. The van der Waals surface area contributed by atoms with Gasteiger partial charge in [0, 0.05) is 0 Å². The van der Waals surface area contributed by atoms with Crippen LogP contribution in [0.15, 0.2) is 12.2 Å². The number of hydrogen-bond acceptors (Lipinski definition) is 1. The van der Waals surface area contributed by atoms with Gasteiger partial charge in [-0.15, -0.1) is 0 Å². The molecule has 0 aliphatic heterocycles. The highest BCUT2D eigenvalue weighted by Gasteiger charge is 2.00. The van der Waals surface area contributed by atoms with Crippen molar-refractivity contribution in [3.63, 3.8) is 0 Å². The first-order chi connectivity index (χ1) is 6.81. The maximum absolute atomic E-state index is 9.53. The average Bonchev–Trinajstić information content (AvgIpc) is 2.20. The molecule has 0 saturated carbocycles. The van der Waals surface area contributed by atoms with Crippen LogP contribution in [0.3, 0.4) is 0 Å². The molecule has 0 radical (unpaired) electrons. The molecule has 0 amide bonds. The van der Waals surface area contributed by atoms with E-state index in [1.807, 2.05) is 19.1 Å². The first-order valence-corrected chi connectivity index (χ1v) is 6.10. The van der Waals surface area contributed by atoms with Crippen molar-refractivity contribution in [2.45, 2.75) is 71.3 Å². The number of aliphatic hydroxyl groups excluding tert-OH is 1. The summed E-state index contributed by atoms with van der Waals surface area (Å²) in [6.45, 7) is 4.23. The van der Waals surface area contributed by atoms with E-state index < -0.39 is 0 Å². The van der Waals surface area contributed by atoms with Crippen LogP contribution in [0.2, 0.25) is 0 Å². The van der Waals surface area contributed by atoms with Crippen LogP contribution in [0.25, 0.3) is 0 Å². The van der Waals surface area contributed by atoms with E-state index in [1.54, 1.807) is 0 Å². The first-order valence-electron chi connectivity index (χ1n) is 6.10. The van der Waals surface area contributed by atoms with E-state index in [1.165, 1.54) is 38.5 Å². The highest BCUT2D eigenvalue weighted by atomic mass is 16.3. The van der Waals surface area contributed by atoms with Gasteiger partial charge in [-0.05, 0) is 19.8 Å². The van der Waals surface area contributed by atoms with Gasteiger partial charge in [-0.2, -0.15) is 0 Å². The summed E-state index contributed by atoms with van der Waals surface area (Å²) in [6.07, 6.45) is 13.6. The second kappa shape index (κ2) is 10.8. The quantitative estimate of drug-likeness (QED) is 0.437. The molecule has 14 heavy (non-hydrogen) atoms. The average molecular weight is 198 g/mol. The van der Waals surface area contributed by atoms with Crippen LogP contribution in [0, 0.1) is 0 Å². The lowest BCUT2D eigenvalue weighted by molar-refractivity contribution is 0.163. The van der Waals surface area contributed by atoms with Crippen LogP contribution in [-0.2, 0) is 0 Å². The third-order valence-corrected chi connectivity index (χ3v) is 2.53. The number of allylic oxidation sites excluding steroid dienone is 1. The third-order valence-electron chi connectivity index (χ3n) is 2.53. The number of aliphatic hydroxyl groups is 1. The lowest BCUT2D eigenvalue weighted by atomic mass is 10.1. The molecule has 0 bridgehead atoms. The van der Waals surface area contributed by atoms with Crippen LogP contribution in [0.4, 0.5) is 0 Å². The monoisotopic (exact) mass is 198 g/mol. The normalized spacial score (nSPS) is 13.6. The van der Waals surface area contributed by atoms with E-state index in [-0.39, 0.29) is 6.10 Å². The summed E-state index contributed by atoms with van der Waals surface area (Å²) in [5, 5.41) is 9.53. The van der Waals surface area contributed by atoms with Crippen molar-refractivity contribution in [1.82, 2.24) is 0 Å². The summed E-state index contributed by atoms with van der Waals surface area (Å²) < 4.78 is 0. The summed E-state index contributed by atoms with van der Waals surface area (Å²) >= 11 is 0. The lowest BCUT2D eigenvalue weighted by Gasteiger charge is -2.07. The molecule has 1 heteroatoms. The minimum absolute atomic E-state index is 0.114.